The van der Waals surface area contributed by atoms with Gasteiger partial charge in [0.1, 0.15) is 5.75 Å². The smallest absolute Gasteiger partial charge is 0.243 e. The zero-order valence-electron chi connectivity index (χ0n) is 13.2. The van der Waals surface area contributed by atoms with Crippen molar-refractivity contribution in [3.8, 4) is 5.75 Å². The minimum absolute atomic E-state index is 0.0731. The van der Waals surface area contributed by atoms with E-state index >= 15 is 0 Å². The molecule has 0 aliphatic carbocycles. The quantitative estimate of drug-likeness (QED) is 0.715. The fraction of sp³-hybridized carbons (Fsp3) is 0.235. The van der Waals surface area contributed by atoms with Gasteiger partial charge in [-0.05, 0) is 49.2 Å². The van der Waals surface area contributed by atoms with Gasteiger partial charge in [0.2, 0.25) is 10.0 Å². The van der Waals surface area contributed by atoms with Gasteiger partial charge in [-0.1, -0.05) is 27.5 Å². The van der Waals surface area contributed by atoms with Crippen LogP contribution < -0.4 is 0 Å². The number of halogens is 2. The van der Waals surface area contributed by atoms with Crippen LogP contribution in [0.3, 0.4) is 0 Å². The standard InChI is InChI=1S/C17H16BrClN2O3S/c18-13-3-6-17(22)12(9-13)11-20-16-10-14(4-5-15(16)19)25(23,24)21-7-1-2-8-21/h3-6,9-11,22H,1-2,7-8H2. The van der Waals surface area contributed by atoms with Crippen molar-refractivity contribution in [2.24, 2.45) is 4.99 Å². The molecule has 2 aromatic rings. The Morgan fingerprint density at radius 2 is 1.88 bits per heavy atom. The number of phenols is 1. The number of nitrogens with zero attached hydrogens (tertiary/aromatic N) is 2. The maximum absolute atomic E-state index is 12.7. The van der Waals surface area contributed by atoms with E-state index in [0.717, 1.165) is 17.3 Å². The van der Waals surface area contributed by atoms with E-state index in [1.807, 2.05) is 0 Å². The van der Waals surface area contributed by atoms with Gasteiger partial charge in [-0.2, -0.15) is 4.31 Å². The molecule has 5 nitrogen and oxygen atoms in total. The normalized spacial score (nSPS) is 15.9. The van der Waals surface area contributed by atoms with Crippen LogP contribution in [0.4, 0.5) is 5.69 Å². The molecule has 0 atom stereocenters. The van der Waals surface area contributed by atoms with E-state index in [0.29, 0.717) is 29.4 Å². The number of phenolic OH excluding ortho intramolecular Hbond substituents is 1. The Kier molecular flexibility index (Phi) is 5.48. The lowest BCUT2D eigenvalue weighted by Crippen LogP contribution is -2.27. The molecule has 1 aliphatic heterocycles. The Labute approximate surface area is 160 Å². The first-order chi connectivity index (χ1) is 11.9. The van der Waals surface area contributed by atoms with E-state index in [9.17, 15) is 13.5 Å². The van der Waals surface area contributed by atoms with Crippen LogP contribution in [0, 0.1) is 0 Å². The zero-order valence-corrected chi connectivity index (χ0v) is 16.4. The number of aromatic hydroxyl groups is 1. The third kappa shape index (κ3) is 4.06. The summed E-state index contributed by atoms with van der Waals surface area (Å²) in [6, 6.07) is 9.44. The van der Waals surface area contributed by atoms with E-state index in [1.165, 1.54) is 28.7 Å². The van der Waals surface area contributed by atoms with Crippen molar-refractivity contribution in [3.63, 3.8) is 0 Å². The van der Waals surface area contributed by atoms with Crippen molar-refractivity contribution in [3.05, 3.63) is 51.5 Å². The molecule has 25 heavy (non-hydrogen) atoms. The van der Waals surface area contributed by atoms with Gasteiger partial charge >= 0.3 is 0 Å². The molecule has 0 radical (unpaired) electrons. The maximum atomic E-state index is 12.7. The van der Waals surface area contributed by atoms with Gasteiger partial charge in [0.05, 0.1) is 15.6 Å². The van der Waals surface area contributed by atoms with Crippen LogP contribution in [0.1, 0.15) is 18.4 Å². The van der Waals surface area contributed by atoms with Crippen molar-refractivity contribution >= 4 is 49.5 Å². The van der Waals surface area contributed by atoms with Crippen molar-refractivity contribution in [1.82, 2.24) is 4.31 Å². The molecule has 0 unspecified atom stereocenters. The Hall–Kier alpha value is -1.41. The molecular formula is C17H16BrClN2O3S. The summed E-state index contributed by atoms with van der Waals surface area (Å²) < 4.78 is 27.6. The fourth-order valence-corrected chi connectivity index (χ4v) is 4.68. The Bertz CT molecular complexity index is 925. The Balaban J connectivity index is 1.94. The number of rotatable bonds is 4. The fourth-order valence-electron chi connectivity index (χ4n) is 2.60. The first-order valence-electron chi connectivity index (χ1n) is 7.70. The molecule has 8 heteroatoms. The number of hydrogen-bond donors (Lipinski definition) is 1. The second-order valence-corrected chi connectivity index (χ2v) is 8.95. The van der Waals surface area contributed by atoms with Crippen LogP contribution in [0.2, 0.25) is 5.02 Å². The summed E-state index contributed by atoms with van der Waals surface area (Å²) in [6.07, 6.45) is 3.20. The van der Waals surface area contributed by atoms with Crippen molar-refractivity contribution in [2.75, 3.05) is 13.1 Å². The average molecular weight is 444 g/mol. The lowest BCUT2D eigenvalue weighted by atomic mass is 10.2. The maximum Gasteiger partial charge on any atom is 0.243 e. The minimum Gasteiger partial charge on any atom is -0.507 e. The number of sulfonamides is 1. The van der Waals surface area contributed by atoms with E-state index in [2.05, 4.69) is 20.9 Å². The van der Waals surface area contributed by atoms with E-state index in [1.54, 1.807) is 18.2 Å². The molecule has 1 fully saturated rings. The minimum atomic E-state index is -3.53. The van der Waals surface area contributed by atoms with Gasteiger partial charge < -0.3 is 5.11 Å². The summed E-state index contributed by atoms with van der Waals surface area (Å²) in [4.78, 5) is 4.43. The third-order valence-corrected chi connectivity index (χ3v) is 6.66. The first kappa shape index (κ1) is 18.4. The van der Waals surface area contributed by atoms with Crippen LogP contribution >= 0.6 is 27.5 Å². The van der Waals surface area contributed by atoms with Gasteiger partial charge in [0, 0.05) is 29.3 Å². The highest BCUT2D eigenvalue weighted by molar-refractivity contribution is 9.10. The summed E-state index contributed by atoms with van der Waals surface area (Å²) in [5.41, 5.74) is 0.833. The third-order valence-electron chi connectivity index (χ3n) is 3.95. The van der Waals surface area contributed by atoms with Gasteiger partial charge in [0.25, 0.3) is 0 Å². The molecular weight excluding hydrogens is 428 g/mol. The van der Waals surface area contributed by atoms with E-state index in [-0.39, 0.29) is 10.6 Å². The summed E-state index contributed by atoms with van der Waals surface area (Å²) in [6.45, 7) is 1.07. The average Bonchev–Trinajstić information content (AvgIpc) is 3.12. The van der Waals surface area contributed by atoms with Gasteiger partial charge in [-0.3, -0.25) is 4.99 Å². The predicted molar refractivity (Wildman–Crippen MR) is 103 cm³/mol. The van der Waals surface area contributed by atoms with Crippen LogP contribution in [0.15, 0.2) is 50.8 Å². The van der Waals surface area contributed by atoms with E-state index in [4.69, 9.17) is 11.6 Å². The summed E-state index contributed by atoms with van der Waals surface area (Å²) in [7, 11) is -3.53. The lowest BCUT2D eigenvalue weighted by molar-refractivity contribution is 0.474. The molecule has 0 bridgehead atoms. The Morgan fingerprint density at radius 1 is 1.16 bits per heavy atom. The van der Waals surface area contributed by atoms with E-state index < -0.39 is 10.0 Å². The zero-order chi connectivity index (χ0) is 18.0. The molecule has 1 saturated heterocycles. The molecule has 1 aliphatic rings. The van der Waals surface area contributed by atoms with Crippen molar-refractivity contribution in [2.45, 2.75) is 17.7 Å². The number of aliphatic imine (C=N–C) groups is 1. The number of hydrogen-bond acceptors (Lipinski definition) is 4. The molecule has 0 spiro atoms. The van der Waals surface area contributed by atoms with Crippen LogP contribution in [-0.4, -0.2) is 37.1 Å². The monoisotopic (exact) mass is 442 g/mol. The lowest BCUT2D eigenvalue weighted by Gasteiger charge is -2.15. The highest BCUT2D eigenvalue weighted by Crippen LogP contribution is 2.31. The first-order valence-corrected chi connectivity index (χ1v) is 10.3. The molecule has 1 heterocycles. The largest absolute Gasteiger partial charge is 0.507 e. The van der Waals surface area contributed by atoms with Gasteiger partial charge in [-0.15, -0.1) is 0 Å². The van der Waals surface area contributed by atoms with Crippen molar-refractivity contribution < 1.29 is 13.5 Å². The molecule has 1 N–H and O–H groups in total. The second kappa shape index (κ2) is 7.45. The molecule has 0 saturated carbocycles. The summed E-state index contributed by atoms with van der Waals surface area (Å²) in [5, 5.41) is 10.2. The van der Waals surface area contributed by atoms with Crippen molar-refractivity contribution in [1.29, 1.82) is 0 Å². The highest BCUT2D eigenvalue weighted by atomic mass is 79.9. The summed E-state index contributed by atoms with van der Waals surface area (Å²) >= 11 is 9.48. The number of benzene rings is 2. The highest BCUT2D eigenvalue weighted by Gasteiger charge is 2.27. The molecule has 132 valence electrons. The topological polar surface area (TPSA) is 70.0 Å². The van der Waals surface area contributed by atoms with Gasteiger partial charge in [-0.25, -0.2) is 8.42 Å². The Morgan fingerprint density at radius 3 is 2.60 bits per heavy atom. The predicted octanol–water partition coefficient (Wildman–Crippen LogP) is 4.34. The molecule has 2 aromatic carbocycles. The van der Waals surface area contributed by atoms with Gasteiger partial charge in [0.15, 0.2) is 0 Å². The SMILES string of the molecule is O=S(=O)(c1ccc(Cl)c(N=Cc2cc(Br)ccc2O)c1)N1CCCC1. The second-order valence-electron chi connectivity index (χ2n) is 5.69. The molecule has 0 amide bonds. The molecule has 0 aromatic heterocycles. The van der Waals surface area contributed by atoms with Crippen LogP contribution in [-0.2, 0) is 10.0 Å². The summed E-state index contributed by atoms with van der Waals surface area (Å²) in [5.74, 6) is 0.0731. The van der Waals surface area contributed by atoms with Crippen LogP contribution in [0.25, 0.3) is 0 Å². The molecule has 3 rings (SSSR count). The van der Waals surface area contributed by atoms with Crippen LogP contribution in [0.5, 0.6) is 5.75 Å².